The largest absolute Gasteiger partial charge is 0.324 e. The van der Waals surface area contributed by atoms with Crippen molar-refractivity contribution in [1.29, 1.82) is 0 Å². The van der Waals surface area contributed by atoms with Crippen LogP contribution in [0.1, 0.15) is 42.4 Å². The molecule has 0 fully saturated rings. The van der Waals surface area contributed by atoms with E-state index in [-0.39, 0.29) is 11.9 Å². The Hall–Kier alpha value is -1.68. The molecule has 1 aromatic heterocycles. The zero-order valence-electron chi connectivity index (χ0n) is 12.4. The Bertz CT molecular complexity index is 589. The molecule has 2 N–H and O–H groups in total. The van der Waals surface area contributed by atoms with Gasteiger partial charge in [-0.3, -0.25) is 4.68 Å². The smallest absolute Gasteiger partial charge is 0.128 e. The van der Waals surface area contributed by atoms with Gasteiger partial charge in [-0.15, -0.1) is 0 Å². The van der Waals surface area contributed by atoms with Gasteiger partial charge >= 0.3 is 0 Å². The van der Waals surface area contributed by atoms with Crippen molar-refractivity contribution in [3.05, 3.63) is 52.6 Å². The molecule has 0 spiro atoms. The van der Waals surface area contributed by atoms with Crippen LogP contribution in [0.4, 0.5) is 4.39 Å². The summed E-state index contributed by atoms with van der Waals surface area (Å²) in [5, 5.41) is 4.50. The number of halogens is 1. The zero-order valence-corrected chi connectivity index (χ0v) is 12.4. The number of aromatic nitrogens is 2. The van der Waals surface area contributed by atoms with E-state index in [9.17, 15) is 4.39 Å². The maximum atomic E-state index is 14.0. The summed E-state index contributed by atoms with van der Waals surface area (Å²) >= 11 is 0. The Balaban J connectivity index is 2.22. The van der Waals surface area contributed by atoms with Crippen LogP contribution in [0.2, 0.25) is 0 Å². The molecule has 0 aliphatic carbocycles. The van der Waals surface area contributed by atoms with Gasteiger partial charge in [-0.2, -0.15) is 5.10 Å². The third-order valence-corrected chi connectivity index (χ3v) is 3.56. The second kappa shape index (κ2) is 6.18. The number of rotatable bonds is 5. The van der Waals surface area contributed by atoms with E-state index >= 15 is 0 Å². The Kier molecular flexibility index (Phi) is 4.55. The molecule has 4 heteroatoms. The Morgan fingerprint density at radius 1 is 1.30 bits per heavy atom. The fourth-order valence-corrected chi connectivity index (χ4v) is 2.39. The first kappa shape index (κ1) is 14.7. The van der Waals surface area contributed by atoms with Crippen LogP contribution in [0.25, 0.3) is 0 Å². The highest BCUT2D eigenvalue weighted by molar-refractivity contribution is 5.27. The van der Waals surface area contributed by atoms with Crippen LogP contribution in [0.5, 0.6) is 0 Å². The molecule has 20 heavy (non-hydrogen) atoms. The third kappa shape index (κ3) is 3.07. The summed E-state index contributed by atoms with van der Waals surface area (Å²) in [5.41, 5.74) is 9.77. The summed E-state index contributed by atoms with van der Waals surface area (Å²) in [6, 6.07) is 6.93. The second-order valence-corrected chi connectivity index (χ2v) is 5.13. The van der Waals surface area contributed by atoms with Gasteiger partial charge in [-0.25, -0.2) is 4.39 Å². The van der Waals surface area contributed by atoms with Gasteiger partial charge in [-0.05, 0) is 38.0 Å². The summed E-state index contributed by atoms with van der Waals surface area (Å²) in [6.45, 7) is 6.80. The SMILES string of the molecule is CCc1cc(CC(N)c2ccc(C)cc2F)n(CC)n1. The molecule has 3 nitrogen and oxygen atoms in total. The van der Waals surface area contributed by atoms with Crippen LogP contribution in [0, 0.1) is 12.7 Å². The minimum Gasteiger partial charge on any atom is -0.324 e. The molecule has 2 rings (SSSR count). The predicted molar refractivity (Wildman–Crippen MR) is 79.0 cm³/mol. The molecule has 0 saturated carbocycles. The quantitative estimate of drug-likeness (QED) is 0.911. The van der Waals surface area contributed by atoms with Crippen LogP contribution in [-0.4, -0.2) is 9.78 Å². The molecule has 1 unspecified atom stereocenters. The van der Waals surface area contributed by atoms with Crippen LogP contribution in [0.3, 0.4) is 0 Å². The fourth-order valence-electron chi connectivity index (χ4n) is 2.39. The summed E-state index contributed by atoms with van der Waals surface area (Å²) in [7, 11) is 0. The molecule has 1 aromatic carbocycles. The molecule has 0 aliphatic heterocycles. The first-order valence-electron chi connectivity index (χ1n) is 7.12. The topological polar surface area (TPSA) is 43.8 Å². The first-order valence-corrected chi connectivity index (χ1v) is 7.12. The molecular formula is C16H22FN3. The van der Waals surface area contributed by atoms with Crippen LogP contribution in [-0.2, 0) is 19.4 Å². The van der Waals surface area contributed by atoms with Crippen molar-refractivity contribution >= 4 is 0 Å². The molecule has 108 valence electrons. The van der Waals surface area contributed by atoms with Crippen molar-refractivity contribution in [3.8, 4) is 0 Å². The van der Waals surface area contributed by atoms with Crippen molar-refractivity contribution in [2.24, 2.45) is 5.73 Å². The van der Waals surface area contributed by atoms with Crippen molar-refractivity contribution in [3.63, 3.8) is 0 Å². The minimum absolute atomic E-state index is 0.226. The van der Waals surface area contributed by atoms with E-state index in [2.05, 4.69) is 18.1 Å². The van der Waals surface area contributed by atoms with E-state index in [1.165, 1.54) is 6.07 Å². The highest BCUT2D eigenvalue weighted by atomic mass is 19.1. The number of hydrogen-bond acceptors (Lipinski definition) is 2. The van der Waals surface area contributed by atoms with Gasteiger partial charge in [0, 0.05) is 30.3 Å². The maximum absolute atomic E-state index is 14.0. The van der Waals surface area contributed by atoms with Crippen LogP contribution < -0.4 is 5.73 Å². The van der Waals surface area contributed by atoms with Gasteiger partial charge in [0.15, 0.2) is 0 Å². The molecule has 0 saturated heterocycles. The summed E-state index contributed by atoms with van der Waals surface area (Å²) in [6.07, 6.45) is 1.49. The minimum atomic E-state index is -0.345. The highest BCUT2D eigenvalue weighted by Gasteiger charge is 2.15. The van der Waals surface area contributed by atoms with Gasteiger partial charge < -0.3 is 5.73 Å². The van der Waals surface area contributed by atoms with Crippen molar-refractivity contribution in [1.82, 2.24) is 9.78 Å². The fraction of sp³-hybridized carbons (Fsp3) is 0.438. The summed E-state index contributed by atoms with van der Waals surface area (Å²) in [4.78, 5) is 0. The molecule has 0 bridgehead atoms. The number of benzene rings is 1. The Labute approximate surface area is 119 Å². The van der Waals surface area contributed by atoms with Crippen LogP contribution in [0.15, 0.2) is 24.3 Å². The molecule has 1 atom stereocenters. The van der Waals surface area contributed by atoms with Gasteiger partial charge in [0.1, 0.15) is 5.82 Å². The molecular weight excluding hydrogens is 253 g/mol. The lowest BCUT2D eigenvalue weighted by Crippen LogP contribution is -2.17. The monoisotopic (exact) mass is 275 g/mol. The van der Waals surface area contributed by atoms with Gasteiger partial charge in [-0.1, -0.05) is 19.1 Å². The summed E-state index contributed by atoms with van der Waals surface area (Å²) < 4.78 is 15.9. The van der Waals surface area contributed by atoms with Gasteiger partial charge in [0.05, 0.1) is 5.69 Å². The number of aryl methyl sites for hydroxylation is 3. The predicted octanol–water partition coefficient (Wildman–Crippen LogP) is 3.16. The van der Waals surface area contributed by atoms with Gasteiger partial charge in [0.25, 0.3) is 0 Å². The molecule has 0 amide bonds. The Morgan fingerprint density at radius 2 is 2.05 bits per heavy atom. The van der Waals surface area contributed by atoms with Gasteiger partial charge in [0.2, 0.25) is 0 Å². The number of hydrogen-bond donors (Lipinski definition) is 1. The van der Waals surface area contributed by atoms with E-state index in [1.807, 2.05) is 24.6 Å². The first-order chi connectivity index (χ1) is 9.55. The van der Waals surface area contributed by atoms with E-state index < -0.39 is 0 Å². The van der Waals surface area contributed by atoms with E-state index in [0.29, 0.717) is 12.0 Å². The Morgan fingerprint density at radius 3 is 2.65 bits per heavy atom. The third-order valence-electron chi connectivity index (χ3n) is 3.56. The standard InChI is InChI=1S/C16H22FN3/c1-4-12-9-13(20(5-2)19-12)10-16(18)14-7-6-11(3)8-15(14)17/h6-9,16H,4-5,10,18H2,1-3H3. The lowest BCUT2D eigenvalue weighted by atomic mass is 10.0. The van der Waals surface area contributed by atoms with Crippen molar-refractivity contribution < 1.29 is 4.39 Å². The van der Waals surface area contributed by atoms with E-state index in [0.717, 1.165) is 29.9 Å². The highest BCUT2D eigenvalue weighted by Crippen LogP contribution is 2.21. The molecule has 1 heterocycles. The molecule has 0 aliphatic rings. The van der Waals surface area contributed by atoms with Crippen molar-refractivity contribution in [2.45, 2.75) is 46.2 Å². The molecule has 0 radical (unpaired) electrons. The number of nitrogens with two attached hydrogens (primary N) is 1. The molecule has 2 aromatic rings. The average molecular weight is 275 g/mol. The van der Waals surface area contributed by atoms with Crippen molar-refractivity contribution in [2.75, 3.05) is 0 Å². The number of nitrogens with zero attached hydrogens (tertiary/aromatic N) is 2. The lowest BCUT2D eigenvalue weighted by Gasteiger charge is -2.14. The van der Waals surface area contributed by atoms with E-state index in [4.69, 9.17) is 5.73 Å². The summed E-state index contributed by atoms with van der Waals surface area (Å²) in [5.74, 6) is -0.226. The second-order valence-electron chi connectivity index (χ2n) is 5.13. The zero-order chi connectivity index (χ0) is 14.7. The normalized spacial score (nSPS) is 12.7. The van der Waals surface area contributed by atoms with Crippen LogP contribution >= 0.6 is 0 Å². The van der Waals surface area contributed by atoms with E-state index in [1.54, 1.807) is 6.07 Å². The maximum Gasteiger partial charge on any atom is 0.128 e. The average Bonchev–Trinajstić information content (AvgIpc) is 2.80. The lowest BCUT2D eigenvalue weighted by molar-refractivity contribution is 0.554.